The molecule has 1 atom stereocenters. The van der Waals surface area contributed by atoms with Crippen LogP contribution in [0.15, 0.2) is 36.9 Å². The molecule has 0 saturated heterocycles. The van der Waals surface area contributed by atoms with Gasteiger partial charge < -0.3 is 15.4 Å². The number of pyridine rings is 1. The summed E-state index contributed by atoms with van der Waals surface area (Å²) in [6.07, 6.45) is 8.49. The van der Waals surface area contributed by atoms with Gasteiger partial charge in [-0.3, -0.25) is 9.78 Å². The molecule has 0 saturated carbocycles. The number of carboxylic acid groups (broad SMARTS) is 1. The molecule has 0 aliphatic rings. The topological polar surface area (TPSA) is 108 Å². The van der Waals surface area contributed by atoms with Crippen LogP contribution in [0, 0.1) is 0 Å². The van der Waals surface area contributed by atoms with Crippen molar-refractivity contribution < 1.29 is 14.7 Å². The average molecular weight is 286 g/mol. The van der Waals surface area contributed by atoms with Crippen molar-refractivity contribution in [3.8, 4) is 0 Å². The van der Waals surface area contributed by atoms with Crippen LogP contribution in [-0.4, -0.2) is 31.9 Å². The molecular formula is C14H14N4O3. The predicted molar refractivity (Wildman–Crippen MR) is 75.4 cm³/mol. The van der Waals surface area contributed by atoms with E-state index in [4.69, 9.17) is 5.11 Å². The molecular weight excluding hydrogens is 272 g/mol. The summed E-state index contributed by atoms with van der Waals surface area (Å²) in [5.74, 6) is -0.777. The van der Waals surface area contributed by atoms with E-state index in [0.717, 1.165) is 6.08 Å². The van der Waals surface area contributed by atoms with Crippen molar-refractivity contribution in [2.75, 3.05) is 0 Å². The first kappa shape index (κ1) is 14.4. The van der Waals surface area contributed by atoms with Crippen LogP contribution >= 0.6 is 0 Å². The molecule has 2 aromatic rings. The Morgan fingerprint density at radius 2 is 2.24 bits per heavy atom. The molecule has 2 heterocycles. The molecule has 2 rings (SSSR count). The van der Waals surface area contributed by atoms with Crippen LogP contribution in [0.2, 0.25) is 0 Å². The molecule has 7 nitrogen and oxygen atoms in total. The highest BCUT2D eigenvalue weighted by Crippen LogP contribution is 2.12. The van der Waals surface area contributed by atoms with Crippen molar-refractivity contribution in [2.45, 2.75) is 13.0 Å². The lowest BCUT2D eigenvalue weighted by atomic mass is 10.1. The number of hydrogen-bond donors (Lipinski definition) is 3. The monoisotopic (exact) mass is 286 g/mol. The average Bonchev–Trinajstić information content (AvgIpc) is 2.99. The first-order chi connectivity index (χ1) is 10.1. The standard InChI is InChI=1S/C14H14N4O3/c1-9(13-16-6-7-17-13)18-14(21)11-4-5-15-8-10(11)2-3-12(19)20/h2-9H,1H3,(H,16,17)(H,18,21)(H,19,20)/b3-2+. The second-order valence-electron chi connectivity index (χ2n) is 4.30. The zero-order valence-corrected chi connectivity index (χ0v) is 11.3. The number of aromatic amines is 1. The number of hydrogen-bond acceptors (Lipinski definition) is 4. The summed E-state index contributed by atoms with van der Waals surface area (Å²) in [4.78, 5) is 33.7. The molecule has 0 bridgehead atoms. The van der Waals surface area contributed by atoms with E-state index in [1.807, 2.05) is 0 Å². The van der Waals surface area contributed by atoms with E-state index in [1.165, 1.54) is 24.5 Å². The molecule has 21 heavy (non-hydrogen) atoms. The first-order valence-corrected chi connectivity index (χ1v) is 6.23. The van der Waals surface area contributed by atoms with Gasteiger partial charge in [-0.25, -0.2) is 9.78 Å². The molecule has 0 spiro atoms. The number of H-pyrrole nitrogens is 1. The number of rotatable bonds is 5. The van der Waals surface area contributed by atoms with Crippen molar-refractivity contribution in [1.82, 2.24) is 20.3 Å². The van der Waals surface area contributed by atoms with Crippen LogP contribution in [0.5, 0.6) is 0 Å². The normalized spacial score (nSPS) is 12.2. The number of aliphatic carboxylic acids is 1. The fourth-order valence-corrected chi connectivity index (χ4v) is 1.76. The summed E-state index contributed by atoms with van der Waals surface area (Å²) in [6.45, 7) is 1.80. The molecule has 1 unspecified atom stereocenters. The van der Waals surface area contributed by atoms with Gasteiger partial charge >= 0.3 is 5.97 Å². The smallest absolute Gasteiger partial charge is 0.328 e. The Labute approximate surface area is 120 Å². The highest BCUT2D eigenvalue weighted by Gasteiger charge is 2.15. The number of aromatic nitrogens is 3. The Balaban J connectivity index is 2.17. The SMILES string of the molecule is CC(NC(=O)c1ccncc1/C=C/C(=O)O)c1ncc[nH]1. The van der Waals surface area contributed by atoms with E-state index in [0.29, 0.717) is 17.0 Å². The minimum absolute atomic E-state index is 0.294. The first-order valence-electron chi connectivity index (χ1n) is 6.23. The summed E-state index contributed by atoms with van der Waals surface area (Å²) in [6, 6.07) is 1.24. The molecule has 0 aromatic carbocycles. The lowest BCUT2D eigenvalue weighted by Gasteiger charge is -2.12. The maximum atomic E-state index is 12.3. The molecule has 7 heteroatoms. The Hall–Kier alpha value is -2.96. The number of nitrogens with one attached hydrogen (secondary N) is 2. The quantitative estimate of drug-likeness (QED) is 0.720. The van der Waals surface area contributed by atoms with Crippen molar-refractivity contribution in [3.05, 3.63) is 53.9 Å². The van der Waals surface area contributed by atoms with Gasteiger partial charge in [0.2, 0.25) is 0 Å². The number of carbonyl (C=O) groups is 2. The van der Waals surface area contributed by atoms with Crippen LogP contribution in [-0.2, 0) is 4.79 Å². The van der Waals surface area contributed by atoms with E-state index in [1.54, 1.807) is 19.3 Å². The van der Waals surface area contributed by atoms with Gasteiger partial charge in [0.15, 0.2) is 0 Å². The van der Waals surface area contributed by atoms with Crippen LogP contribution < -0.4 is 5.32 Å². The van der Waals surface area contributed by atoms with Crippen LogP contribution in [0.1, 0.15) is 34.7 Å². The number of amides is 1. The third-order valence-electron chi connectivity index (χ3n) is 2.78. The summed E-state index contributed by atoms with van der Waals surface area (Å²) in [5, 5.41) is 11.4. The third-order valence-corrected chi connectivity index (χ3v) is 2.78. The summed E-state index contributed by atoms with van der Waals surface area (Å²) in [7, 11) is 0. The molecule has 1 amide bonds. The fourth-order valence-electron chi connectivity index (χ4n) is 1.76. The van der Waals surface area contributed by atoms with Crippen molar-refractivity contribution in [1.29, 1.82) is 0 Å². The Morgan fingerprint density at radius 3 is 2.90 bits per heavy atom. The lowest BCUT2D eigenvalue weighted by Crippen LogP contribution is -2.28. The summed E-state index contributed by atoms with van der Waals surface area (Å²) in [5.41, 5.74) is 0.782. The maximum absolute atomic E-state index is 12.3. The summed E-state index contributed by atoms with van der Waals surface area (Å²) >= 11 is 0. The van der Waals surface area contributed by atoms with Gasteiger partial charge in [-0.05, 0) is 19.1 Å². The predicted octanol–water partition coefficient (Wildman–Crippen LogP) is 1.39. The fraction of sp³-hybridized carbons (Fsp3) is 0.143. The molecule has 0 fully saturated rings. The van der Waals surface area contributed by atoms with Gasteiger partial charge in [0.25, 0.3) is 5.91 Å². The minimum Gasteiger partial charge on any atom is -0.478 e. The van der Waals surface area contributed by atoms with Gasteiger partial charge in [0.1, 0.15) is 5.82 Å². The lowest BCUT2D eigenvalue weighted by molar-refractivity contribution is -0.131. The van der Waals surface area contributed by atoms with Crippen molar-refractivity contribution in [2.24, 2.45) is 0 Å². The second-order valence-corrected chi connectivity index (χ2v) is 4.30. The Kier molecular flexibility index (Phi) is 4.45. The van der Waals surface area contributed by atoms with E-state index < -0.39 is 5.97 Å². The van der Waals surface area contributed by atoms with Crippen LogP contribution in [0.3, 0.4) is 0 Å². The highest BCUT2D eigenvalue weighted by molar-refractivity contribution is 5.98. The van der Waals surface area contributed by atoms with E-state index >= 15 is 0 Å². The number of carbonyl (C=O) groups excluding carboxylic acids is 1. The minimum atomic E-state index is -1.09. The number of nitrogens with zero attached hydrogens (tertiary/aromatic N) is 2. The van der Waals surface area contributed by atoms with Crippen LogP contribution in [0.4, 0.5) is 0 Å². The van der Waals surface area contributed by atoms with Crippen LogP contribution in [0.25, 0.3) is 6.08 Å². The van der Waals surface area contributed by atoms with Crippen molar-refractivity contribution >= 4 is 18.0 Å². The molecule has 0 aliphatic heterocycles. The summed E-state index contributed by atoms with van der Waals surface area (Å²) < 4.78 is 0. The Bertz CT molecular complexity index is 665. The maximum Gasteiger partial charge on any atom is 0.328 e. The molecule has 108 valence electrons. The molecule has 0 aliphatic carbocycles. The van der Waals surface area contributed by atoms with Gasteiger partial charge in [0.05, 0.1) is 6.04 Å². The zero-order chi connectivity index (χ0) is 15.2. The van der Waals surface area contributed by atoms with Crippen molar-refractivity contribution in [3.63, 3.8) is 0 Å². The van der Waals surface area contributed by atoms with Gasteiger partial charge in [0, 0.05) is 42.0 Å². The second kappa shape index (κ2) is 6.47. The van der Waals surface area contributed by atoms with Gasteiger partial charge in [-0.2, -0.15) is 0 Å². The third kappa shape index (κ3) is 3.75. The van der Waals surface area contributed by atoms with E-state index in [-0.39, 0.29) is 11.9 Å². The highest BCUT2D eigenvalue weighted by atomic mass is 16.4. The number of imidazole rings is 1. The van der Waals surface area contributed by atoms with E-state index in [9.17, 15) is 9.59 Å². The number of carboxylic acids is 1. The zero-order valence-electron chi connectivity index (χ0n) is 11.3. The van der Waals surface area contributed by atoms with Gasteiger partial charge in [-0.15, -0.1) is 0 Å². The molecule has 0 radical (unpaired) electrons. The molecule has 2 aromatic heterocycles. The van der Waals surface area contributed by atoms with E-state index in [2.05, 4.69) is 20.3 Å². The van der Waals surface area contributed by atoms with Gasteiger partial charge in [-0.1, -0.05) is 0 Å². The largest absolute Gasteiger partial charge is 0.478 e. The molecule has 3 N–H and O–H groups in total. The Morgan fingerprint density at radius 1 is 1.43 bits per heavy atom.